The van der Waals surface area contributed by atoms with Gasteiger partial charge >= 0.3 is 0 Å². The third-order valence-corrected chi connectivity index (χ3v) is 4.45. The van der Waals surface area contributed by atoms with Crippen molar-refractivity contribution in [2.75, 3.05) is 26.2 Å². The monoisotopic (exact) mass is 296 g/mol. The highest BCUT2D eigenvalue weighted by atomic mass is 35.5. The molecule has 1 heterocycles. The van der Waals surface area contributed by atoms with E-state index >= 15 is 0 Å². The van der Waals surface area contributed by atoms with Crippen LogP contribution < -0.4 is 5.73 Å². The average Bonchev–Trinajstić information content (AvgIpc) is 2.46. The summed E-state index contributed by atoms with van der Waals surface area (Å²) in [6.45, 7) is 3.61. The summed E-state index contributed by atoms with van der Waals surface area (Å²) in [4.78, 5) is 2.49. The van der Waals surface area contributed by atoms with Gasteiger partial charge in [-0.1, -0.05) is 23.7 Å². The van der Waals surface area contributed by atoms with E-state index in [0.717, 1.165) is 43.1 Å². The number of halogens is 1. The molecule has 1 fully saturated rings. The number of nitrogens with zero attached hydrogens (tertiary/aromatic N) is 1. The molecular formula is C16H25ClN2O. The molecule has 1 aliphatic heterocycles. The minimum atomic E-state index is 0.0745. The van der Waals surface area contributed by atoms with Gasteiger partial charge in [0.25, 0.3) is 0 Å². The number of nitrogens with two attached hydrogens (primary N) is 1. The van der Waals surface area contributed by atoms with Gasteiger partial charge in [0.05, 0.1) is 0 Å². The van der Waals surface area contributed by atoms with E-state index in [-0.39, 0.29) is 6.04 Å². The van der Waals surface area contributed by atoms with Crippen molar-refractivity contribution in [3.8, 4) is 0 Å². The average molecular weight is 297 g/mol. The minimum Gasteiger partial charge on any atom is -0.396 e. The maximum absolute atomic E-state index is 9.04. The molecule has 0 aromatic heterocycles. The second-order valence-corrected chi connectivity index (χ2v) is 6.20. The Morgan fingerprint density at radius 1 is 1.35 bits per heavy atom. The third-order valence-electron chi connectivity index (χ3n) is 4.19. The molecule has 4 heteroatoms. The predicted molar refractivity (Wildman–Crippen MR) is 83.9 cm³/mol. The highest BCUT2D eigenvalue weighted by Gasteiger charge is 2.19. The summed E-state index contributed by atoms with van der Waals surface area (Å²) >= 11 is 5.89. The van der Waals surface area contributed by atoms with Gasteiger partial charge in [0.15, 0.2) is 0 Å². The van der Waals surface area contributed by atoms with Gasteiger partial charge in [-0.25, -0.2) is 0 Å². The fourth-order valence-corrected chi connectivity index (χ4v) is 3.10. The Labute approximate surface area is 126 Å². The van der Waals surface area contributed by atoms with Crippen molar-refractivity contribution in [2.24, 2.45) is 11.7 Å². The first-order chi connectivity index (χ1) is 9.69. The number of hydrogen-bond donors (Lipinski definition) is 2. The fraction of sp³-hybridized carbons (Fsp3) is 0.625. The summed E-state index contributed by atoms with van der Waals surface area (Å²) in [6.07, 6.45) is 4.38. The summed E-state index contributed by atoms with van der Waals surface area (Å²) < 4.78 is 0. The van der Waals surface area contributed by atoms with Crippen molar-refractivity contribution < 1.29 is 5.11 Å². The number of aliphatic hydroxyl groups excluding tert-OH is 1. The molecule has 3 nitrogen and oxygen atoms in total. The molecule has 2 atom stereocenters. The lowest BCUT2D eigenvalue weighted by atomic mass is 9.94. The highest BCUT2D eigenvalue weighted by molar-refractivity contribution is 6.30. The van der Waals surface area contributed by atoms with Gasteiger partial charge in [0, 0.05) is 24.2 Å². The molecule has 3 N–H and O–H groups in total. The first kappa shape index (κ1) is 15.8. The van der Waals surface area contributed by atoms with Gasteiger partial charge in [-0.15, -0.1) is 0 Å². The molecule has 0 radical (unpaired) electrons. The van der Waals surface area contributed by atoms with Crippen LogP contribution in [0.15, 0.2) is 24.3 Å². The van der Waals surface area contributed by atoms with E-state index in [0.29, 0.717) is 12.5 Å². The van der Waals surface area contributed by atoms with Crippen LogP contribution in [0.3, 0.4) is 0 Å². The highest BCUT2D eigenvalue weighted by Crippen LogP contribution is 2.22. The maximum Gasteiger partial charge on any atom is 0.0434 e. The van der Waals surface area contributed by atoms with Gasteiger partial charge in [0.1, 0.15) is 0 Å². The molecule has 1 saturated heterocycles. The molecule has 1 aromatic rings. The summed E-state index contributed by atoms with van der Waals surface area (Å²) in [6, 6.07) is 7.89. The van der Waals surface area contributed by atoms with Crippen molar-refractivity contribution >= 4 is 11.6 Å². The van der Waals surface area contributed by atoms with Gasteiger partial charge in [-0.2, -0.15) is 0 Å². The smallest absolute Gasteiger partial charge is 0.0434 e. The molecule has 20 heavy (non-hydrogen) atoms. The van der Waals surface area contributed by atoms with E-state index in [1.165, 1.54) is 12.8 Å². The van der Waals surface area contributed by atoms with Crippen molar-refractivity contribution in [3.63, 3.8) is 0 Å². The molecule has 2 unspecified atom stereocenters. The minimum absolute atomic E-state index is 0.0745. The summed E-state index contributed by atoms with van der Waals surface area (Å²) in [5.74, 6) is 0.653. The van der Waals surface area contributed by atoms with Crippen LogP contribution in [0.25, 0.3) is 0 Å². The first-order valence-electron chi connectivity index (χ1n) is 7.53. The van der Waals surface area contributed by atoms with Crippen molar-refractivity contribution in [2.45, 2.75) is 31.7 Å². The van der Waals surface area contributed by atoms with Gasteiger partial charge in [-0.3, -0.25) is 0 Å². The lowest BCUT2D eigenvalue weighted by Crippen LogP contribution is -2.37. The number of aliphatic hydroxyl groups is 1. The van der Waals surface area contributed by atoms with Gasteiger partial charge < -0.3 is 15.7 Å². The zero-order chi connectivity index (χ0) is 14.4. The van der Waals surface area contributed by atoms with E-state index in [2.05, 4.69) is 4.90 Å². The molecule has 2 rings (SSSR count). The quantitative estimate of drug-likeness (QED) is 0.849. The molecule has 0 bridgehead atoms. The second kappa shape index (κ2) is 7.99. The second-order valence-electron chi connectivity index (χ2n) is 5.77. The van der Waals surface area contributed by atoms with E-state index in [1.807, 2.05) is 24.3 Å². The molecule has 0 saturated carbocycles. The number of piperidine rings is 1. The molecular weight excluding hydrogens is 272 g/mol. The Hall–Kier alpha value is -0.610. The van der Waals surface area contributed by atoms with E-state index in [1.54, 1.807) is 0 Å². The summed E-state index contributed by atoms with van der Waals surface area (Å²) in [7, 11) is 0. The summed E-state index contributed by atoms with van der Waals surface area (Å²) in [5, 5.41) is 9.80. The molecule has 1 aromatic carbocycles. The van der Waals surface area contributed by atoms with Crippen LogP contribution in [0.5, 0.6) is 0 Å². The molecule has 112 valence electrons. The molecule has 0 spiro atoms. The fourth-order valence-electron chi connectivity index (χ4n) is 2.97. The first-order valence-corrected chi connectivity index (χ1v) is 7.91. The largest absolute Gasteiger partial charge is 0.396 e. The normalized spacial score (nSPS) is 21.9. The Morgan fingerprint density at radius 3 is 2.80 bits per heavy atom. The van der Waals surface area contributed by atoms with E-state index in [4.69, 9.17) is 22.4 Å². The number of hydrogen-bond acceptors (Lipinski definition) is 3. The van der Waals surface area contributed by atoms with Gasteiger partial charge in [-0.05, 0) is 62.4 Å². The SMILES string of the molecule is NC(CCN1CCCC(CCO)C1)c1ccc(Cl)cc1. The van der Waals surface area contributed by atoms with Crippen LogP contribution in [0, 0.1) is 5.92 Å². The van der Waals surface area contributed by atoms with Crippen LogP contribution in [0.1, 0.15) is 37.3 Å². The Balaban J connectivity index is 1.78. The predicted octanol–water partition coefficient (Wildman–Crippen LogP) is 2.82. The lowest BCUT2D eigenvalue weighted by molar-refractivity contribution is 0.144. The van der Waals surface area contributed by atoms with E-state index in [9.17, 15) is 0 Å². The number of likely N-dealkylation sites (tertiary alicyclic amines) is 1. The lowest BCUT2D eigenvalue weighted by Gasteiger charge is -2.33. The molecule has 1 aliphatic rings. The Morgan fingerprint density at radius 2 is 2.10 bits per heavy atom. The van der Waals surface area contributed by atoms with Crippen LogP contribution in [-0.4, -0.2) is 36.2 Å². The zero-order valence-corrected chi connectivity index (χ0v) is 12.7. The third kappa shape index (κ3) is 4.74. The van der Waals surface area contributed by atoms with Crippen molar-refractivity contribution in [1.82, 2.24) is 4.90 Å². The van der Waals surface area contributed by atoms with Crippen LogP contribution in [0.4, 0.5) is 0 Å². The van der Waals surface area contributed by atoms with Gasteiger partial charge in [0.2, 0.25) is 0 Å². The van der Waals surface area contributed by atoms with Crippen LogP contribution in [-0.2, 0) is 0 Å². The standard InChI is InChI=1S/C16H25ClN2O/c17-15-5-3-14(4-6-15)16(18)7-10-19-9-1-2-13(12-19)8-11-20/h3-6,13,16,20H,1-2,7-12,18H2. The van der Waals surface area contributed by atoms with E-state index < -0.39 is 0 Å². The van der Waals surface area contributed by atoms with Crippen LogP contribution >= 0.6 is 11.6 Å². The summed E-state index contributed by atoms with van der Waals surface area (Å²) in [5.41, 5.74) is 7.40. The zero-order valence-electron chi connectivity index (χ0n) is 12.0. The Kier molecular flexibility index (Phi) is 6.30. The molecule has 0 amide bonds. The van der Waals surface area contributed by atoms with Crippen molar-refractivity contribution in [1.29, 1.82) is 0 Å². The maximum atomic E-state index is 9.04. The van der Waals surface area contributed by atoms with Crippen LogP contribution in [0.2, 0.25) is 5.02 Å². The number of rotatable bonds is 6. The number of benzene rings is 1. The topological polar surface area (TPSA) is 49.5 Å². The van der Waals surface area contributed by atoms with Crippen molar-refractivity contribution in [3.05, 3.63) is 34.9 Å². The molecule has 0 aliphatic carbocycles. The Bertz CT molecular complexity index is 394.